The highest BCUT2D eigenvalue weighted by Crippen LogP contribution is 2.20. The number of benzene rings is 1. The van der Waals surface area contributed by atoms with Crippen molar-refractivity contribution < 1.29 is 13.6 Å². The normalized spacial score (nSPS) is 16.8. The molecule has 0 bridgehead atoms. The summed E-state index contributed by atoms with van der Waals surface area (Å²) >= 11 is 0. The van der Waals surface area contributed by atoms with Crippen molar-refractivity contribution >= 4 is 17.8 Å². The Kier molecular flexibility index (Phi) is 3.10. The number of anilines is 1. The van der Waals surface area contributed by atoms with E-state index < -0.39 is 11.6 Å². The second kappa shape index (κ2) is 4.56. The van der Waals surface area contributed by atoms with Gasteiger partial charge in [-0.25, -0.2) is 13.8 Å². The van der Waals surface area contributed by atoms with Crippen LogP contribution in [0, 0.1) is 11.6 Å². The van der Waals surface area contributed by atoms with Crippen molar-refractivity contribution in [3.05, 3.63) is 41.6 Å². The van der Waals surface area contributed by atoms with Crippen molar-refractivity contribution in [3.63, 3.8) is 0 Å². The van der Waals surface area contributed by atoms with Crippen LogP contribution in [0.2, 0.25) is 0 Å². The minimum absolute atomic E-state index is 0.180. The van der Waals surface area contributed by atoms with E-state index in [1.165, 1.54) is 35.4 Å². The van der Waals surface area contributed by atoms with Crippen molar-refractivity contribution in [1.29, 1.82) is 0 Å². The molecule has 4 nitrogen and oxygen atoms in total. The van der Waals surface area contributed by atoms with E-state index in [0.717, 1.165) is 12.1 Å². The van der Waals surface area contributed by atoms with Gasteiger partial charge < -0.3 is 4.90 Å². The predicted molar refractivity (Wildman–Crippen MR) is 64.1 cm³/mol. The summed E-state index contributed by atoms with van der Waals surface area (Å²) in [5, 5.41) is 4.97. The fraction of sp³-hybridized carbons (Fsp3) is 0.167. The van der Waals surface area contributed by atoms with Crippen LogP contribution < -0.4 is 4.90 Å². The summed E-state index contributed by atoms with van der Waals surface area (Å²) in [4.78, 5) is 13.0. The summed E-state index contributed by atoms with van der Waals surface area (Å²) < 4.78 is 26.3. The summed E-state index contributed by atoms with van der Waals surface area (Å²) in [6.45, 7) is 0. The molecule has 0 saturated carbocycles. The van der Waals surface area contributed by atoms with Gasteiger partial charge in [0.05, 0.1) is 17.5 Å². The lowest BCUT2D eigenvalue weighted by atomic mass is 10.2. The lowest BCUT2D eigenvalue weighted by Gasteiger charge is -2.15. The van der Waals surface area contributed by atoms with E-state index >= 15 is 0 Å². The number of amides is 1. The van der Waals surface area contributed by atoms with Gasteiger partial charge in [0.25, 0.3) is 5.91 Å². The van der Waals surface area contributed by atoms with Gasteiger partial charge in [0.15, 0.2) is 0 Å². The highest BCUT2D eigenvalue weighted by molar-refractivity contribution is 6.15. The fourth-order valence-electron chi connectivity index (χ4n) is 1.58. The molecular weight excluding hydrogens is 240 g/mol. The van der Waals surface area contributed by atoms with Gasteiger partial charge in [0.2, 0.25) is 0 Å². The third-order valence-electron chi connectivity index (χ3n) is 2.53. The smallest absolute Gasteiger partial charge is 0.276 e. The van der Waals surface area contributed by atoms with Gasteiger partial charge in [-0.3, -0.25) is 4.79 Å². The first kappa shape index (κ1) is 12.2. The lowest BCUT2D eigenvalue weighted by molar-refractivity contribution is -0.124. The van der Waals surface area contributed by atoms with E-state index in [2.05, 4.69) is 5.10 Å². The zero-order valence-electron chi connectivity index (χ0n) is 9.89. The maximum Gasteiger partial charge on any atom is 0.276 e. The highest BCUT2D eigenvalue weighted by Gasteiger charge is 2.19. The Bertz CT molecular complexity index is 554. The van der Waals surface area contributed by atoms with E-state index in [1.54, 1.807) is 7.05 Å². The van der Waals surface area contributed by atoms with Crippen molar-refractivity contribution in [3.8, 4) is 0 Å². The van der Waals surface area contributed by atoms with E-state index in [0.29, 0.717) is 5.57 Å². The Balaban J connectivity index is 2.27. The van der Waals surface area contributed by atoms with Crippen LogP contribution in [0.3, 0.4) is 0 Å². The van der Waals surface area contributed by atoms with Crippen molar-refractivity contribution in [1.82, 2.24) is 5.01 Å². The molecular formula is C12H11F2N3O. The molecule has 0 aromatic heterocycles. The molecule has 6 heteroatoms. The van der Waals surface area contributed by atoms with E-state index in [1.807, 2.05) is 0 Å². The predicted octanol–water partition coefficient (Wildman–Crippen LogP) is 1.74. The number of carbonyl (C=O) groups is 1. The molecule has 0 unspecified atom stereocenters. The van der Waals surface area contributed by atoms with Crippen molar-refractivity contribution in [2.75, 3.05) is 19.0 Å². The summed E-state index contributed by atoms with van der Waals surface area (Å²) in [6.07, 6.45) is 2.84. The molecule has 1 amide bonds. The largest absolute Gasteiger partial charge is 0.348 e. The third-order valence-corrected chi connectivity index (χ3v) is 2.53. The molecule has 2 rings (SSSR count). The zero-order valence-corrected chi connectivity index (χ0v) is 9.89. The number of carbonyl (C=O) groups excluding carboxylic acids is 1. The first-order chi connectivity index (χ1) is 8.49. The highest BCUT2D eigenvalue weighted by atomic mass is 19.1. The minimum atomic E-state index is -0.690. The molecule has 0 N–H and O–H groups in total. The van der Waals surface area contributed by atoms with E-state index in [4.69, 9.17) is 0 Å². The molecule has 0 aliphatic carbocycles. The molecule has 0 fully saturated rings. The second-order valence-electron chi connectivity index (χ2n) is 3.86. The number of likely N-dealkylation sites (N-methyl/N-ethyl adjacent to an activating group) is 1. The summed E-state index contributed by atoms with van der Waals surface area (Å²) in [5.41, 5.74) is 0.517. The van der Waals surface area contributed by atoms with E-state index in [9.17, 15) is 13.6 Å². The number of hydrazone groups is 1. The SMILES string of the molecule is CN1N=C/C(=C\N(C)c2ccc(F)cc2F)C1=O. The zero-order chi connectivity index (χ0) is 13.3. The van der Waals surface area contributed by atoms with Gasteiger partial charge >= 0.3 is 0 Å². The van der Waals surface area contributed by atoms with Gasteiger partial charge in [-0.2, -0.15) is 5.10 Å². The van der Waals surface area contributed by atoms with Crippen LogP contribution >= 0.6 is 0 Å². The molecule has 18 heavy (non-hydrogen) atoms. The molecule has 0 saturated heterocycles. The van der Waals surface area contributed by atoms with Crippen LogP contribution in [-0.2, 0) is 4.79 Å². The quantitative estimate of drug-likeness (QED) is 0.751. The summed E-state index contributed by atoms with van der Waals surface area (Å²) in [5.74, 6) is -1.61. The van der Waals surface area contributed by atoms with Gasteiger partial charge in [-0.15, -0.1) is 0 Å². The Morgan fingerprint density at radius 3 is 2.67 bits per heavy atom. The van der Waals surface area contributed by atoms with Crippen LogP contribution in [0.1, 0.15) is 0 Å². The van der Waals surface area contributed by atoms with Gasteiger partial charge in [0.1, 0.15) is 11.6 Å². The maximum atomic E-state index is 13.5. The van der Waals surface area contributed by atoms with Crippen LogP contribution in [0.15, 0.2) is 35.1 Å². The first-order valence-electron chi connectivity index (χ1n) is 5.21. The molecule has 0 radical (unpaired) electrons. The van der Waals surface area contributed by atoms with Crippen LogP contribution in [0.25, 0.3) is 0 Å². The second-order valence-corrected chi connectivity index (χ2v) is 3.86. The number of nitrogens with zero attached hydrogens (tertiary/aromatic N) is 3. The Morgan fingerprint density at radius 2 is 2.11 bits per heavy atom. The molecule has 1 heterocycles. The Hall–Kier alpha value is -2.24. The summed E-state index contributed by atoms with van der Waals surface area (Å²) in [7, 11) is 3.10. The monoisotopic (exact) mass is 251 g/mol. The average Bonchev–Trinajstić information content (AvgIpc) is 2.61. The van der Waals surface area contributed by atoms with Crippen molar-refractivity contribution in [2.24, 2.45) is 5.10 Å². The molecule has 1 aromatic rings. The molecule has 1 aliphatic rings. The first-order valence-corrected chi connectivity index (χ1v) is 5.21. The molecule has 1 aliphatic heterocycles. The number of hydrogen-bond acceptors (Lipinski definition) is 3. The van der Waals surface area contributed by atoms with Crippen molar-refractivity contribution in [2.45, 2.75) is 0 Å². The molecule has 0 atom stereocenters. The number of halogens is 2. The van der Waals surface area contributed by atoms with Crippen LogP contribution in [0.4, 0.5) is 14.5 Å². The molecule has 0 spiro atoms. The third kappa shape index (κ3) is 2.22. The van der Waals surface area contributed by atoms with Gasteiger partial charge in [-0.1, -0.05) is 0 Å². The van der Waals surface area contributed by atoms with Gasteiger partial charge in [0, 0.05) is 26.4 Å². The lowest BCUT2D eigenvalue weighted by Crippen LogP contribution is -2.19. The topological polar surface area (TPSA) is 35.9 Å². The van der Waals surface area contributed by atoms with Gasteiger partial charge in [-0.05, 0) is 12.1 Å². The molecule has 1 aromatic carbocycles. The minimum Gasteiger partial charge on any atom is -0.348 e. The Labute approximate surface area is 103 Å². The Morgan fingerprint density at radius 1 is 1.39 bits per heavy atom. The number of hydrogen-bond donors (Lipinski definition) is 0. The molecule has 94 valence electrons. The average molecular weight is 251 g/mol. The van der Waals surface area contributed by atoms with Crippen LogP contribution in [0.5, 0.6) is 0 Å². The fourth-order valence-corrected chi connectivity index (χ4v) is 1.58. The number of rotatable bonds is 2. The maximum absolute atomic E-state index is 13.5. The summed E-state index contributed by atoms with van der Waals surface area (Å²) in [6, 6.07) is 3.26. The standard InChI is InChI=1S/C12H11F2N3O/c1-16(7-8-6-15-17(2)12(8)18)11-4-3-9(13)5-10(11)14/h3-7H,1-2H3/b8-7+. The van der Waals surface area contributed by atoms with E-state index in [-0.39, 0.29) is 11.6 Å². The van der Waals surface area contributed by atoms with Crippen LogP contribution in [-0.4, -0.2) is 31.2 Å².